The second-order valence-corrected chi connectivity index (χ2v) is 6.25. The van der Waals surface area contributed by atoms with Crippen LogP contribution in [0, 0.1) is 0 Å². The van der Waals surface area contributed by atoms with E-state index in [2.05, 4.69) is 5.32 Å². The summed E-state index contributed by atoms with van der Waals surface area (Å²) in [6, 6.07) is 13.9. The number of phenolic OH excluding ortho intramolecular Hbond substituents is 1. The smallest absolute Gasteiger partial charge is 0.341 e. The van der Waals surface area contributed by atoms with Crippen LogP contribution in [0.15, 0.2) is 48.5 Å². The van der Waals surface area contributed by atoms with Gasteiger partial charge in [0.1, 0.15) is 11.3 Å². The molecule has 0 saturated heterocycles. The normalized spacial score (nSPS) is 10.3. The maximum atomic E-state index is 12.2. The van der Waals surface area contributed by atoms with E-state index in [9.17, 15) is 19.5 Å². The summed E-state index contributed by atoms with van der Waals surface area (Å²) in [5, 5.41) is 21.1. The predicted octanol–water partition coefficient (Wildman–Crippen LogP) is 3.38. The first-order chi connectivity index (χ1) is 13.5. The number of hydrogen-bond donors (Lipinski definition) is 3. The van der Waals surface area contributed by atoms with Crippen molar-refractivity contribution in [1.29, 1.82) is 0 Å². The molecule has 0 spiro atoms. The van der Waals surface area contributed by atoms with Gasteiger partial charge in [0.2, 0.25) is 5.91 Å². The van der Waals surface area contributed by atoms with Crippen LogP contribution >= 0.6 is 0 Å². The lowest BCUT2D eigenvalue weighted by atomic mass is 10.1. The quantitative estimate of drug-likeness (QED) is 0.328. The van der Waals surface area contributed by atoms with Crippen molar-refractivity contribution >= 4 is 23.5 Å². The Labute approximate surface area is 163 Å². The number of carboxylic acids is 1. The zero-order chi connectivity index (χ0) is 20.4. The molecule has 0 unspecified atom stereocenters. The van der Waals surface area contributed by atoms with Crippen LogP contribution in [0.3, 0.4) is 0 Å². The highest BCUT2D eigenvalue weighted by atomic mass is 16.5. The van der Waals surface area contributed by atoms with Gasteiger partial charge in [-0.3, -0.25) is 9.59 Å². The summed E-state index contributed by atoms with van der Waals surface area (Å²) < 4.78 is 5.20. The van der Waals surface area contributed by atoms with E-state index in [0.29, 0.717) is 12.1 Å². The lowest BCUT2D eigenvalue weighted by Crippen LogP contribution is -2.13. The Bertz CT molecular complexity index is 819. The third-order valence-electron chi connectivity index (χ3n) is 3.98. The topological polar surface area (TPSA) is 113 Å². The lowest BCUT2D eigenvalue weighted by molar-refractivity contribution is -0.137. The number of esters is 1. The average Bonchev–Trinajstić information content (AvgIpc) is 2.67. The summed E-state index contributed by atoms with van der Waals surface area (Å²) in [5.41, 5.74) is 1.44. The summed E-state index contributed by atoms with van der Waals surface area (Å²) in [6.07, 6.45) is 1.59. The lowest BCUT2D eigenvalue weighted by Gasteiger charge is -2.10. The van der Waals surface area contributed by atoms with Crippen molar-refractivity contribution < 1.29 is 29.3 Å². The number of phenols is 1. The minimum Gasteiger partial charge on any atom is -0.507 e. The second kappa shape index (κ2) is 10.7. The van der Waals surface area contributed by atoms with Gasteiger partial charge in [-0.25, -0.2) is 4.79 Å². The first-order valence-electron chi connectivity index (χ1n) is 9.01. The maximum Gasteiger partial charge on any atom is 0.341 e. The molecule has 0 fully saturated rings. The first kappa shape index (κ1) is 21.0. The number of carboxylic acid groups (broad SMARTS) is 1. The van der Waals surface area contributed by atoms with E-state index in [1.54, 1.807) is 0 Å². The number of aromatic hydroxyl groups is 1. The van der Waals surface area contributed by atoms with E-state index in [-0.39, 0.29) is 43.1 Å². The molecule has 0 atom stereocenters. The number of hydrogen-bond acceptors (Lipinski definition) is 5. The molecule has 0 aliphatic heterocycles. The largest absolute Gasteiger partial charge is 0.507 e. The maximum absolute atomic E-state index is 12.2. The Morgan fingerprint density at radius 2 is 1.71 bits per heavy atom. The van der Waals surface area contributed by atoms with Crippen molar-refractivity contribution in [1.82, 2.24) is 0 Å². The zero-order valence-corrected chi connectivity index (χ0v) is 15.4. The number of benzene rings is 2. The number of nitrogens with one attached hydrogen (secondary N) is 1. The summed E-state index contributed by atoms with van der Waals surface area (Å²) in [6.45, 7) is 0.207. The third-order valence-corrected chi connectivity index (χ3v) is 3.98. The van der Waals surface area contributed by atoms with Crippen molar-refractivity contribution in [2.75, 3.05) is 11.9 Å². The van der Waals surface area contributed by atoms with Crippen molar-refractivity contribution in [3.63, 3.8) is 0 Å². The Morgan fingerprint density at radius 1 is 0.964 bits per heavy atom. The van der Waals surface area contributed by atoms with Gasteiger partial charge < -0.3 is 20.3 Å². The molecule has 2 aromatic rings. The molecule has 2 aromatic carbocycles. The zero-order valence-electron chi connectivity index (χ0n) is 15.4. The van der Waals surface area contributed by atoms with E-state index in [4.69, 9.17) is 9.84 Å². The molecule has 0 radical (unpaired) electrons. The molecule has 0 aromatic heterocycles. The van der Waals surface area contributed by atoms with Gasteiger partial charge in [-0.05, 0) is 43.0 Å². The van der Waals surface area contributed by atoms with Gasteiger partial charge in [-0.1, -0.05) is 30.3 Å². The molecule has 28 heavy (non-hydrogen) atoms. The molecular formula is C21H23NO6. The molecule has 0 aliphatic rings. The number of aliphatic carboxylic acids is 1. The number of aryl methyl sites for hydroxylation is 1. The molecular weight excluding hydrogens is 362 g/mol. The van der Waals surface area contributed by atoms with Gasteiger partial charge in [0, 0.05) is 18.5 Å². The number of amides is 1. The van der Waals surface area contributed by atoms with E-state index < -0.39 is 11.9 Å². The number of ether oxygens (including phenoxy) is 1. The van der Waals surface area contributed by atoms with Gasteiger partial charge in [-0.15, -0.1) is 0 Å². The molecule has 7 heteroatoms. The van der Waals surface area contributed by atoms with Crippen LogP contribution in [0.2, 0.25) is 0 Å². The summed E-state index contributed by atoms with van der Waals surface area (Å²) in [5.74, 6) is -2.24. The van der Waals surface area contributed by atoms with Gasteiger partial charge in [0.25, 0.3) is 0 Å². The molecule has 3 N–H and O–H groups in total. The van der Waals surface area contributed by atoms with Crippen LogP contribution < -0.4 is 5.32 Å². The average molecular weight is 385 g/mol. The molecule has 7 nitrogen and oxygen atoms in total. The Hall–Kier alpha value is -3.35. The molecule has 1 amide bonds. The van der Waals surface area contributed by atoms with E-state index in [1.807, 2.05) is 30.3 Å². The summed E-state index contributed by atoms with van der Waals surface area (Å²) in [4.78, 5) is 34.5. The Kier molecular flexibility index (Phi) is 8.02. The van der Waals surface area contributed by atoms with Crippen molar-refractivity contribution in [2.24, 2.45) is 0 Å². The summed E-state index contributed by atoms with van der Waals surface area (Å²) >= 11 is 0. The SMILES string of the molecule is O=C(O)CCCC(=O)Nc1ccc(O)c(C(=O)OCCCc2ccccc2)c1. The van der Waals surface area contributed by atoms with Crippen molar-refractivity contribution in [3.8, 4) is 5.75 Å². The predicted molar refractivity (Wildman–Crippen MR) is 103 cm³/mol. The standard InChI is InChI=1S/C21H23NO6/c23-18-12-11-16(22-19(24)9-4-10-20(25)26)14-17(18)21(27)28-13-5-8-15-6-2-1-3-7-15/h1-3,6-7,11-12,14,23H,4-5,8-10,13H2,(H,22,24)(H,25,26). The Balaban J connectivity index is 1.84. The van der Waals surface area contributed by atoms with E-state index in [1.165, 1.54) is 18.2 Å². The fourth-order valence-electron chi connectivity index (χ4n) is 2.56. The second-order valence-electron chi connectivity index (χ2n) is 6.25. The minimum absolute atomic E-state index is 0.0388. The highest BCUT2D eigenvalue weighted by molar-refractivity contribution is 5.96. The highest BCUT2D eigenvalue weighted by Crippen LogP contribution is 2.23. The van der Waals surface area contributed by atoms with E-state index in [0.717, 1.165) is 12.0 Å². The monoisotopic (exact) mass is 385 g/mol. The van der Waals surface area contributed by atoms with Gasteiger partial charge in [0.15, 0.2) is 0 Å². The highest BCUT2D eigenvalue weighted by Gasteiger charge is 2.14. The van der Waals surface area contributed by atoms with E-state index >= 15 is 0 Å². The number of rotatable bonds is 10. The van der Waals surface area contributed by atoms with Crippen molar-refractivity contribution in [3.05, 3.63) is 59.7 Å². The van der Waals surface area contributed by atoms with Crippen LogP contribution in [0.1, 0.15) is 41.6 Å². The Morgan fingerprint density at radius 3 is 2.43 bits per heavy atom. The third kappa shape index (κ3) is 7.11. The van der Waals surface area contributed by atoms with Crippen molar-refractivity contribution in [2.45, 2.75) is 32.1 Å². The number of anilines is 1. The van der Waals surface area contributed by atoms with Crippen LogP contribution in [-0.4, -0.2) is 34.7 Å². The number of carbonyl (C=O) groups is 3. The van der Waals surface area contributed by atoms with Gasteiger partial charge in [-0.2, -0.15) is 0 Å². The molecule has 148 valence electrons. The van der Waals surface area contributed by atoms with Crippen LogP contribution in [0.4, 0.5) is 5.69 Å². The molecule has 0 aliphatic carbocycles. The van der Waals surface area contributed by atoms with Crippen LogP contribution in [-0.2, 0) is 20.7 Å². The molecule has 0 heterocycles. The van der Waals surface area contributed by atoms with Crippen LogP contribution in [0.25, 0.3) is 0 Å². The van der Waals surface area contributed by atoms with Gasteiger partial charge in [0.05, 0.1) is 6.61 Å². The molecule has 0 saturated carbocycles. The number of carbonyl (C=O) groups excluding carboxylic acids is 2. The fraction of sp³-hybridized carbons (Fsp3) is 0.286. The van der Waals surface area contributed by atoms with Gasteiger partial charge >= 0.3 is 11.9 Å². The first-order valence-corrected chi connectivity index (χ1v) is 9.01. The molecule has 0 bridgehead atoms. The fourth-order valence-corrected chi connectivity index (χ4v) is 2.56. The van der Waals surface area contributed by atoms with Crippen LogP contribution in [0.5, 0.6) is 5.75 Å². The molecule has 2 rings (SSSR count). The summed E-state index contributed by atoms with van der Waals surface area (Å²) in [7, 11) is 0. The minimum atomic E-state index is -0.963.